The van der Waals surface area contributed by atoms with E-state index in [1.54, 1.807) is 24.7 Å². The summed E-state index contributed by atoms with van der Waals surface area (Å²) in [6.07, 6.45) is -0.152. The lowest BCUT2D eigenvalue weighted by atomic mass is 9.79. The molecule has 354 valence electrons. The summed E-state index contributed by atoms with van der Waals surface area (Å²) < 4.78 is 34.2. The van der Waals surface area contributed by atoms with Crippen LogP contribution in [-0.4, -0.2) is 88.1 Å². The number of hydrogen-bond acceptors (Lipinski definition) is 9. The molecule has 0 aliphatic carbocycles. The third kappa shape index (κ3) is 11.1. The number of amides is 1. The monoisotopic (exact) mass is 935 g/mol. The van der Waals surface area contributed by atoms with Gasteiger partial charge in [0.1, 0.15) is 32.2 Å². The molecule has 5 aromatic rings. The Morgan fingerprint density at radius 1 is 0.924 bits per heavy atom. The quantitative estimate of drug-likeness (QED) is 0.0273. The highest BCUT2D eigenvalue weighted by Gasteiger charge is 2.54. The van der Waals surface area contributed by atoms with E-state index in [1.807, 2.05) is 18.2 Å². The summed E-state index contributed by atoms with van der Waals surface area (Å²) in [4.78, 5) is 42.3. The summed E-state index contributed by atoms with van der Waals surface area (Å²) in [5.41, 5.74) is 3.87. The van der Waals surface area contributed by atoms with Crippen molar-refractivity contribution in [2.24, 2.45) is 5.92 Å². The predicted octanol–water partition coefficient (Wildman–Crippen LogP) is 10.8. The lowest BCUT2D eigenvalue weighted by Gasteiger charge is -2.43. The Balaban J connectivity index is 1.58. The summed E-state index contributed by atoms with van der Waals surface area (Å²) >= 11 is 0. The van der Waals surface area contributed by atoms with Crippen LogP contribution in [0.1, 0.15) is 103 Å². The molecule has 2 aromatic heterocycles. The van der Waals surface area contributed by atoms with Gasteiger partial charge in [-0.05, 0) is 76.4 Å². The number of H-pyrrole nitrogens is 1. The van der Waals surface area contributed by atoms with Gasteiger partial charge in [-0.3, -0.25) is 29.1 Å². The van der Waals surface area contributed by atoms with Crippen LogP contribution in [0, 0.1) is 26.3 Å². The van der Waals surface area contributed by atoms with Gasteiger partial charge in [0.2, 0.25) is 18.4 Å². The van der Waals surface area contributed by atoms with Gasteiger partial charge in [0.25, 0.3) is 5.56 Å². The molecule has 3 heterocycles. The first kappa shape index (κ1) is 50.8. The predicted molar refractivity (Wildman–Crippen MR) is 267 cm³/mol. The van der Waals surface area contributed by atoms with Crippen LogP contribution in [0.4, 0.5) is 5.95 Å². The molecule has 2 unspecified atom stereocenters. The molecular weight excluding hydrogens is 866 g/mol. The minimum Gasteiger partial charge on any atom is -0.407 e. The Bertz CT molecular complexity index is 2440. The number of aryl methyl sites for hydroxylation is 2. The van der Waals surface area contributed by atoms with E-state index < -0.39 is 52.3 Å². The van der Waals surface area contributed by atoms with Crippen molar-refractivity contribution in [3.8, 4) is 0 Å². The maximum Gasteiger partial charge on any atom is 0.280 e. The summed E-state index contributed by atoms with van der Waals surface area (Å²) in [5, 5.41) is 2.55. The zero-order chi connectivity index (χ0) is 48.1. The van der Waals surface area contributed by atoms with E-state index >= 15 is 0 Å². The van der Waals surface area contributed by atoms with Gasteiger partial charge in [-0.2, -0.15) is 4.98 Å². The van der Waals surface area contributed by atoms with Crippen molar-refractivity contribution >= 4 is 39.6 Å². The number of ether oxygens (including phenoxy) is 2. The lowest BCUT2D eigenvalue weighted by Crippen LogP contribution is -2.50. The number of hydrogen-bond donors (Lipinski definition) is 2. The fourth-order valence-electron chi connectivity index (χ4n) is 8.23. The number of benzene rings is 3. The first-order valence-corrected chi connectivity index (χ1v) is 27.5. The highest BCUT2D eigenvalue weighted by atomic mass is 31.2. The molecule has 6 rings (SSSR count). The number of nitrogens with zero attached hydrogens (tertiary/aromatic N) is 5. The van der Waals surface area contributed by atoms with E-state index in [0.717, 1.165) is 27.8 Å². The van der Waals surface area contributed by atoms with Crippen LogP contribution in [0.3, 0.4) is 0 Å². The SMILES string of the molecule is [C-]#[N+]CCCP(OC1[C@@H](COC(c2ccccc2)(c2ccc(C)cc2)c2ccc(C)cc2)O[C@@H](n2cnc3c(=O)[nH]c(NC(=O)C(C)C)nc32)[C@H]1O[Si](C)(C)C(C)(C)C)N(C(C)C)C(C)C. The highest BCUT2D eigenvalue weighted by molar-refractivity contribution is 7.50. The minimum absolute atomic E-state index is 0.0113. The highest BCUT2D eigenvalue weighted by Crippen LogP contribution is 2.52. The van der Waals surface area contributed by atoms with Gasteiger partial charge in [-0.1, -0.05) is 125 Å². The molecule has 1 aliphatic rings. The molecule has 0 bridgehead atoms. The summed E-state index contributed by atoms with van der Waals surface area (Å²) in [5.74, 6) is -0.628. The number of carbonyl (C=O) groups is 1. The standard InChI is InChI=1S/C51H70N7O6PSi/c1-33(2)46(59)55-49-54-45-42(47(60)56-49)53-32-57(45)48-44(64-66(13,14)50(9,10)11)43(63-65(30-18-29-52-12)58(34(3)4)35(5)6)41(62-48)31-61-51(38-19-16-15-17-20-38,39-25-21-36(7)22-26-39)40-27-23-37(8)24-28-40/h15-17,19-28,32-35,41,43-44,48H,18,29-31H2,1-11,13-14H3,(H2,54,55,56,59,60)/t41-,43?,44+,48-,65?/m1/s1. The van der Waals surface area contributed by atoms with E-state index in [9.17, 15) is 9.59 Å². The first-order chi connectivity index (χ1) is 31.2. The fraction of sp³-hybridized carbons (Fsp3) is 0.510. The number of fused-ring (bicyclic) bond motifs is 1. The first-order valence-electron chi connectivity index (χ1n) is 23.2. The summed E-state index contributed by atoms with van der Waals surface area (Å²) in [7, 11) is -3.94. The zero-order valence-electron chi connectivity index (χ0n) is 41.1. The molecule has 0 saturated carbocycles. The van der Waals surface area contributed by atoms with Gasteiger partial charge in [0, 0.05) is 30.6 Å². The van der Waals surface area contributed by atoms with Crippen LogP contribution in [0.2, 0.25) is 18.1 Å². The Kier molecular flexibility index (Phi) is 16.3. The molecular formula is C51H70N7O6PSi. The number of rotatable bonds is 19. The van der Waals surface area contributed by atoms with Crippen LogP contribution in [-0.2, 0) is 28.8 Å². The van der Waals surface area contributed by atoms with Gasteiger partial charge in [-0.25, -0.2) is 11.6 Å². The Morgan fingerprint density at radius 2 is 1.50 bits per heavy atom. The Morgan fingerprint density at radius 3 is 2.03 bits per heavy atom. The van der Waals surface area contributed by atoms with E-state index in [-0.39, 0.29) is 52.7 Å². The largest absolute Gasteiger partial charge is 0.407 e. The molecule has 1 aliphatic heterocycles. The maximum absolute atomic E-state index is 13.6. The molecule has 0 spiro atoms. The Hall–Kier alpha value is -4.58. The van der Waals surface area contributed by atoms with Crippen molar-refractivity contribution < 1.29 is 23.2 Å². The molecule has 2 N–H and O–H groups in total. The topological polar surface area (TPSA) is 137 Å². The van der Waals surface area contributed by atoms with Crippen LogP contribution in [0.15, 0.2) is 90.0 Å². The minimum atomic E-state index is -2.63. The van der Waals surface area contributed by atoms with Crippen molar-refractivity contribution in [2.75, 3.05) is 24.6 Å². The van der Waals surface area contributed by atoms with Gasteiger partial charge in [0.15, 0.2) is 25.7 Å². The van der Waals surface area contributed by atoms with Crippen LogP contribution >= 0.6 is 8.30 Å². The number of aromatic nitrogens is 4. The normalized spacial score (nSPS) is 18.7. The van der Waals surface area contributed by atoms with Crippen LogP contribution in [0.5, 0.6) is 0 Å². The number of nitrogens with one attached hydrogen (secondary N) is 2. The van der Waals surface area contributed by atoms with E-state index in [2.05, 4.69) is 161 Å². The average molecular weight is 936 g/mol. The summed E-state index contributed by atoms with van der Waals surface area (Å²) in [6, 6.07) is 27.5. The molecule has 1 fully saturated rings. The van der Waals surface area contributed by atoms with E-state index in [1.165, 1.54) is 0 Å². The lowest BCUT2D eigenvalue weighted by molar-refractivity contribution is -0.118. The second-order valence-electron chi connectivity index (χ2n) is 19.8. The van der Waals surface area contributed by atoms with Crippen LogP contribution < -0.4 is 10.9 Å². The second-order valence-corrected chi connectivity index (χ2v) is 26.4. The molecule has 5 atom stereocenters. The van der Waals surface area contributed by atoms with Crippen LogP contribution in [0.25, 0.3) is 16.0 Å². The number of anilines is 1. The third-order valence-corrected chi connectivity index (χ3v) is 19.8. The molecule has 15 heteroatoms. The molecule has 1 saturated heterocycles. The van der Waals surface area contributed by atoms with E-state index in [0.29, 0.717) is 19.1 Å². The van der Waals surface area contributed by atoms with E-state index in [4.69, 9.17) is 30.0 Å². The molecule has 1 amide bonds. The number of imidazole rings is 1. The van der Waals surface area contributed by atoms with Crippen molar-refractivity contribution in [3.63, 3.8) is 0 Å². The van der Waals surface area contributed by atoms with Crippen molar-refractivity contribution in [1.29, 1.82) is 0 Å². The van der Waals surface area contributed by atoms with Gasteiger partial charge >= 0.3 is 0 Å². The smallest absolute Gasteiger partial charge is 0.280 e. The molecule has 13 nitrogen and oxygen atoms in total. The van der Waals surface area contributed by atoms with Gasteiger partial charge < -0.3 is 23.3 Å². The van der Waals surface area contributed by atoms with Crippen molar-refractivity contribution in [1.82, 2.24) is 24.2 Å². The van der Waals surface area contributed by atoms with Crippen molar-refractivity contribution in [2.45, 2.75) is 143 Å². The maximum atomic E-state index is 13.6. The number of aromatic amines is 1. The Labute approximate surface area is 393 Å². The molecule has 3 aromatic carbocycles. The number of carbonyl (C=O) groups excluding carboxylic acids is 1. The third-order valence-electron chi connectivity index (χ3n) is 12.7. The fourth-order valence-corrected chi connectivity index (χ4v) is 11.9. The summed E-state index contributed by atoms with van der Waals surface area (Å²) in [6.45, 7) is 35.5. The van der Waals surface area contributed by atoms with Gasteiger partial charge in [-0.15, -0.1) is 0 Å². The average Bonchev–Trinajstić information content (AvgIpc) is 3.82. The van der Waals surface area contributed by atoms with Crippen molar-refractivity contribution in [3.05, 3.63) is 135 Å². The molecule has 0 radical (unpaired) electrons. The molecule has 66 heavy (non-hydrogen) atoms. The van der Waals surface area contributed by atoms with Gasteiger partial charge in [0.05, 0.1) is 12.9 Å². The second kappa shape index (κ2) is 21.2. The zero-order valence-corrected chi connectivity index (χ0v) is 43.0.